The molecule has 0 bridgehead atoms. The number of aliphatic hydroxyl groups is 1. The first-order valence-corrected chi connectivity index (χ1v) is 3.96. The van der Waals surface area contributed by atoms with Gasteiger partial charge in [-0.15, -0.1) is 0 Å². The van der Waals surface area contributed by atoms with Crippen LogP contribution in [0.3, 0.4) is 0 Å². The summed E-state index contributed by atoms with van der Waals surface area (Å²) < 4.78 is 4.82. The molecular weight excluding hydrogens is 257 g/mol. The zero-order valence-electron chi connectivity index (χ0n) is 8.35. The number of methoxy groups -OCH3 is 1. The van der Waals surface area contributed by atoms with Crippen molar-refractivity contribution in [2.45, 2.75) is 26.9 Å². The van der Waals surface area contributed by atoms with Gasteiger partial charge in [-0.25, -0.2) is 0 Å². The Bertz CT molecular complexity index is 187. The molecule has 13 heavy (non-hydrogen) atoms. The van der Waals surface area contributed by atoms with Gasteiger partial charge in [0, 0.05) is 38.6 Å². The summed E-state index contributed by atoms with van der Waals surface area (Å²) in [5.41, 5.74) is 0. The van der Waals surface area contributed by atoms with E-state index in [1.165, 1.54) is 13.2 Å². The molecule has 0 saturated heterocycles. The molecule has 0 aliphatic carbocycles. The second kappa shape index (κ2) is 7.22. The van der Waals surface area contributed by atoms with Gasteiger partial charge in [-0.05, 0) is 6.92 Å². The Kier molecular flexibility index (Phi) is 8.48. The predicted molar refractivity (Wildman–Crippen MR) is 47.0 cm³/mol. The normalized spacial score (nSPS) is 13.8. The molecule has 0 aliphatic rings. The largest absolute Gasteiger partial charge is 0.509 e. The number of allylic oxidation sites excluding steroid dienone is 1. The van der Waals surface area contributed by atoms with Gasteiger partial charge in [-0.3, -0.25) is 4.79 Å². The number of ketones is 1. The average Bonchev–Trinajstić information content (AvgIpc) is 2.02. The first-order chi connectivity index (χ1) is 5.49. The van der Waals surface area contributed by atoms with Crippen LogP contribution >= 0.6 is 0 Å². The number of hydrogen-bond donors (Lipinski definition) is 1. The molecule has 0 spiro atoms. The third-order valence-electron chi connectivity index (χ3n) is 1.63. The second-order valence-corrected chi connectivity index (χ2v) is 3.00. The van der Waals surface area contributed by atoms with Crippen LogP contribution in [-0.4, -0.2) is 24.1 Å². The SMILES string of the molecule is COC(C)/C(O)=C/C(=O)C(C)C.[Ru]. The van der Waals surface area contributed by atoms with Gasteiger partial charge >= 0.3 is 0 Å². The molecule has 0 heterocycles. The molecule has 3 nitrogen and oxygen atoms in total. The third kappa shape index (κ3) is 5.95. The van der Waals surface area contributed by atoms with Crippen LogP contribution in [0.25, 0.3) is 0 Å². The number of hydrogen-bond acceptors (Lipinski definition) is 3. The topological polar surface area (TPSA) is 46.5 Å². The Hall–Kier alpha value is -0.207. The fraction of sp³-hybridized carbons (Fsp3) is 0.667. The second-order valence-electron chi connectivity index (χ2n) is 3.00. The number of ether oxygens (including phenoxy) is 1. The molecule has 1 unspecified atom stereocenters. The van der Waals surface area contributed by atoms with Crippen molar-refractivity contribution in [3.8, 4) is 0 Å². The Morgan fingerprint density at radius 3 is 2.15 bits per heavy atom. The van der Waals surface area contributed by atoms with Gasteiger partial charge in [0.25, 0.3) is 0 Å². The number of carbonyl (C=O) groups excluding carboxylic acids is 1. The van der Waals surface area contributed by atoms with E-state index in [0.717, 1.165) is 0 Å². The van der Waals surface area contributed by atoms with Gasteiger partial charge in [-0.2, -0.15) is 0 Å². The van der Waals surface area contributed by atoms with E-state index in [9.17, 15) is 9.90 Å². The molecule has 78 valence electrons. The summed E-state index contributed by atoms with van der Waals surface area (Å²) in [6, 6.07) is 0. The van der Waals surface area contributed by atoms with Crippen LogP contribution in [0.4, 0.5) is 0 Å². The summed E-state index contributed by atoms with van der Waals surface area (Å²) in [5.74, 6) is -0.191. The molecular formula is C9H16O3Ru. The quantitative estimate of drug-likeness (QED) is 0.481. The van der Waals surface area contributed by atoms with Crippen LogP contribution < -0.4 is 0 Å². The van der Waals surface area contributed by atoms with Gasteiger partial charge in [0.2, 0.25) is 0 Å². The van der Waals surface area contributed by atoms with Gasteiger partial charge < -0.3 is 9.84 Å². The predicted octanol–water partition coefficient (Wildman–Crippen LogP) is 1.69. The summed E-state index contributed by atoms with van der Waals surface area (Å²) in [5, 5.41) is 9.25. The minimum Gasteiger partial charge on any atom is -0.509 e. The van der Waals surface area contributed by atoms with E-state index in [0.29, 0.717) is 0 Å². The van der Waals surface area contributed by atoms with Crippen molar-refractivity contribution in [2.24, 2.45) is 5.92 Å². The molecule has 0 rings (SSSR count). The first-order valence-electron chi connectivity index (χ1n) is 3.96. The fourth-order valence-electron chi connectivity index (χ4n) is 0.551. The van der Waals surface area contributed by atoms with E-state index < -0.39 is 6.10 Å². The molecule has 1 N–H and O–H groups in total. The van der Waals surface area contributed by atoms with E-state index in [1.807, 2.05) is 0 Å². The molecule has 0 aromatic carbocycles. The summed E-state index contributed by atoms with van der Waals surface area (Å²) in [6.45, 7) is 5.24. The van der Waals surface area contributed by atoms with E-state index >= 15 is 0 Å². The number of rotatable bonds is 4. The van der Waals surface area contributed by atoms with Crippen molar-refractivity contribution in [2.75, 3.05) is 7.11 Å². The number of aliphatic hydroxyl groups excluding tert-OH is 1. The minimum atomic E-state index is -0.410. The van der Waals surface area contributed by atoms with Crippen molar-refractivity contribution in [3.63, 3.8) is 0 Å². The van der Waals surface area contributed by atoms with Crippen molar-refractivity contribution in [1.29, 1.82) is 0 Å². The van der Waals surface area contributed by atoms with Crippen molar-refractivity contribution < 1.29 is 34.1 Å². The van der Waals surface area contributed by atoms with Crippen LogP contribution in [-0.2, 0) is 29.0 Å². The Morgan fingerprint density at radius 2 is 1.85 bits per heavy atom. The van der Waals surface area contributed by atoms with E-state index in [1.54, 1.807) is 20.8 Å². The summed E-state index contributed by atoms with van der Waals surface area (Å²) >= 11 is 0. The zero-order chi connectivity index (χ0) is 9.72. The fourth-order valence-corrected chi connectivity index (χ4v) is 0.551. The molecule has 1 atom stereocenters. The van der Waals surface area contributed by atoms with Gasteiger partial charge in [0.05, 0.1) is 0 Å². The summed E-state index contributed by atoms with van der Waals surface area (Å²) in [4.78, 5) is 11.1. The molecule has 0 saturated carbocycles. The Labute approximate surface area is 91.9 Å². The summed E-state index contributed by atoms with van der Waals surface area (Å²) in [7, 11) is 1.48. The van der Waals surface area contributed by atoms with Crippen molar-refractivity contribution >= 4 is 5.78 Å². The number of carbonyl (C=O) groups is 1. The monoisotopic (exact) mass is 274 g/mol. The summed E-state index contributed by atoms with van der Waals surface area (Å²) in [6.07, 6.45) is 0.812. The molecule has 0 radical (unpaired) electrons. The van der Waals surface area contributed by atoms with Crippen LogP contribution in [0.15, 0.2) is 11.8 Å². The van der Waals surface area contributed by atoms with Crippen LogP contribution in [0.5, 0.6) is 0 Å². The van der Waals surface area contributed by atoms with E-state index in [2.05, 4.69) is 0 Å². The molecule has 0 amide bonds. The first kappa shape index (κ1) is 15.3. The maximum atomic E-state index is 11.1. The molecule has 0 fully saturated rings. The average molecular weight is 273 g/mol. The molecule has 0 aromatic rings. The van der Waals surface area contributed by atoms with Crippen LogP contribution in [0, 0.1) is 5.92 Å². The van der Waals surface area contributed by atoms with Gasteiger partial charge in [0.1, 0.15) is 11.9 Å². The van der Waals surface area contributed by atoms with Crippen molar-refractivity contribution in [1.82, 2.24) is 0 Å². The van der Waals surface area contributed by atoms with E-state index in [-0.39, 0.29) is 36.9 Å². The van der Waals surface area contributed by atoms with Gasteiger partial charge in [0.15, 0.2) is 5.78 Å². The van der Waals surface area contributed by atoms with Crippen LogP contribution in [0.2, 0.25) is 0 Å². The molecule has 0 aliphatic heterocycles. The van der Waals surface area contributed by atoms with E-state index in [4.69, 9.17) is 4.74 Å². The maximum absolute atomic E-state index is 11.1. The van der Waals surface area contributed by atoms with Crippen molar-refractivity contribution in [3.05, 3.63) is 11.8 Å². The minimum absolute atomic E-state index is 0. The standard InChI is InChI=1S/C9H16O3.Ru/c1-6(2)8(10)5-9(11)7(3)12-4;/h5-7,11H,1-4H3;/b9-5-;. The third-order valence-corrected chi connectivity index (χ3v) is 1.63. The Balaban J connectivity index is 0. The Morgan fingerprint density at radius 1 is 1.38 bits per heavy atom. The molecule has 0 aromatic heterocycles. The smallest absolute Gasteiger partial charge is 0.161 e. The molecule has 4 heteroatoms. The van der Waals surface area contributed by atoms with Crippen LogP contribution in [0.1, 0.15) is 20.8 Å². The van der Waals surface area contributed by atoms with Gasteiger partial charge in [-0.1, -0.05) is 13.8 Å². The maximum Gasteiger partial charge on any atom is 0.161 e. The zero-order valence-corrected chi connectivity index (χ0v) is 10.1.